The summed E-state index contributed by atoms with van der Waals surface area (Å²) in [6.07, 6.45) is 3.22. The molecule has 170 valence electrons. The molecular formula is C21H25F2N7O2. The Morgan fingerprint density at radius 3 is 2.53 bits per heavy atom. The van der Waals surface area contributed by atoms with Gasteiger partial charge in [-0.3, -0.25) is 9.48 Å². The summed E-state index contributed by atoms with van der Waals surface area (Å²) in [6, 6.07) is 4.83. The topological polar surface area (TPSA) is 118 Å². The van der Waals surface area contributed by atoms with Crippen LogP contribution in [0.2, 0.25) is 0 Å². The van der Waals surface area contributed by atoms with Gasteiger partial charge in [0.15, 0.2) is 0 Å². The third-order valence-electron chi connectivity index (χ3n) is 4.18. The summed E-state index contributed by atoms with van der Waals surface area (Å²) >= 11 is 0. The fourth-order valence-electron chi connectivity index (χ4n) is 2.97. The Morgan fingerprint density at radius 2 is 1.91 bits per heavy atom. The van der Waals surface area contributed by atoms with E-state index in [4.69, 9.17) is 0 Å². The average molecular weight is 445 g/mol. The number of hydrogen-bond donors (Lipinski definition) is 3. The zero-order valence-corrected chi connectivity index (χ0v) is 18.4. The lowest BCUT2D eigenvalue weighted by Crippen LogP contribution is -2.26. The molecule has 0 aromatic carbocycles. The van der Waals surface area contributed by atoms with Gasteiger partial charge in [-0.05, 0) is 26.8 Å². The zero-order chi connectivity index (χ0) is 23.7. The van der Waals surface area contributed by atoms with Crippen molar-refractivity contribution in [2.24, 2.45) is 0 Å². The minimum Gasteiger partial charge on any atom is -0.389 e. The Hall–Kier alpha value is -3.47. The molecule has 0 aliphatic rings. The van der Waals surface area contributed by atoms with Gasteiger partial charge in [-0.25, -0.2) is 15.0 Å². The number of rotatable bonds is 7. The molecule has 0 radical (unpaired) electrons. The minimum atomic E-state index is -3.21. The van der Waals surface area contributed by atoms with Gasteiger partial charge < -0.3 is 15.7 Å². The van der Waals surface area contributed by atoms with Crippen LogP contribution in [0.3, 0.4) is 0 Å². The summed E-state index contributed by atoms with van der Waals surface area (Å²) in [5.74, 6) is -3.69. The maximum atomic E-state index is 13.8. The van der Waals surface area contributed by atoms with Crippen molar-refractivity contribution in [3.05, 3.63) is 42.1 Å². The molecule has 3 N–H and O–H groups in total. The first-order valence-electron chi connectivity index (χ1n) is 9.85. The first kappa shape index (κ1) is 23.2. The molecule has 11 heteroatoms. The van der Waals surface area contributed by atoms with Crippen LogP contribution in [0.1, 0.15) is 39.2 Å². The second-order valence-electron chi connectivity index (χ2n) is 8.24. The molecule has 0 aliphatic heterocycles. The van der Waals surface area contributed by atoms with Crippen molar-refractivity contribution >= 4 is 23.2 Å². The molecular weight excluding hydrogens is 420 g/mol. The highest BCUT2D eigenvalue weighted by Crippen LogP contribution is 2.32. The third-order valence-corrected chi connectivity index (χ3v) is 4.18. The molecule has 0 unspecified atom stereocenters. The van der Waals surface area contributed by atoms with Crippen molar-refractivity contribution < 1.29 is 18.7 Å². The summed E-state index contributed by atoms with van der Waals surface area (Å²) in [4.78, 5) is 23.4. The molecule has 1 amide bonds. The van der Waals surface area contributed by atoms with Crippen LogP contribution in [0.4, 0.5) is 26.1 Å². The smallest absolute Gasteiger partial charge is 0.303 e. The maximum Gasteiger partial charge on any atom is 0.303 e. The second-order valence-corrected chi connectivity index (χ2v) is 8.24. The number of nitrogens with one attached hydrogen (secondary N) is 2. The number of halogens is 2. The number of aromatic nitrogens is 5. The van der Waals surface area contributed by atoms with Gasteiger partial charge in [0, 0.05) is 49.6 Å². The lowest BCUT2D eigenvalue weighted by molar-refractivity contribution is -0.114. The Bertz CT molecular complexity index is 1130. The molecule has 0 aliphatic carbocycles. The number of anilines is 3. The number of alkyl halides is 2. The number of carbonyl (C=O) groups is 1. The van der Waals surface area contributed by atoms with E-state index in [1.165, 1.54) is 19.2 Å². The van der Waals surface area contributed by atoms with Gasteiger partial charge in [0.05, 0.1) is 23.5 Å². The second kappa shape index (κ2) is 8.58. The molecule has 0 spiro atoms. The van der Waals surface area contributed by atoms with Gasteiger partial charge in [0.2, 0.25) is 11.7 Å². The first-order chi connectivity index (χ1) is 14.8. The Labute approximate surface area is 183 Å². The van der Waals surface area contributed by atoms with E-state index in [0.717, 1.165) is 6.92 Å². The van der Waals surface area contributed by atoms with E-state index >= 15 is 0 Å². The number of pyridine rings is 1. The van der Waals surface area contributed by atoms with Crippen LogP contribution < -0.4 is 10.6 Å². The fraction of sp³-hybridized carbons (Fsp3) is 0.381. The van der Waals surface area contributed by atoms with Crippen molar-refractivity contribution in [1.82, 2.24) is 24.7 Å². The van der Waals surface area contributed by atoms with Crippen molar-refractivity contribution in [2.75, 3.05) is 10.6 Å². The molecule has 0 saturated heterocycles. The molecule has 0 atom stereocenters. The van der Waals surface area contributed by atoms with Gasteiger partial charge in [-0.15, -0.1) is 0 Å². The maximum absolute atomic E-state index is 13.8. The number of aliphatic hydroxyl groups is 1. The van der Waals surface area contributed by atoms with Gasteiger partial charge in [-0.1, -0.05) is 0 Å². The van der Waals surface area contributed by atoms with Crippen molar-refractivity contribution in [3.63, 3.8) is 0 Å². The number of amides is 1. The van der Waals surface area contributed by atoms with Crippen LogP contribution in [0, 0.1) is 6.92 Å². The standard InChI is InChI=1S/C21H25F2N7O2/c1-12-8-18(28-19(25-12)21(5,22)23)27-16-9-17(26-13(2)31)24-10-14(16)15-6-7-30(29-15)11-20(3,4)32/h6-10,32H,11H2,1-5H3,(H2,24,25,26,27,28,31). The van der Waals surface area contributed by atoms with Crippen LogP contribution in [-0.2, 0) is 17.3 Å². The van der Waals surface area contributed by atoms with E-state index in [2.05, 4.69) is 30.7 Å². The summed E-state index contributed by atoms with van der Waals surface area (Å²) in [7, 11) is 0. The van der Waals surface area contributed by atoms with Crippen LogP contribution in [0.5, 0.6) is 0 Å². The van der Waals surface area contributed by atoms with Crippen molar-refractivity contribution in [3.8, 4) is 11.3 Å². The Morgan fingerprint density at radius 1 is 1.19 bits per heavy atom. The number of nitrogens with zero attached hydrogens (tertiary/aromatic N) is 5. The van der Waals surface area contributed by atoms with E-state index in [1.54, 1.807) is 43.8 Å². The van der Waals surface area contributed by atoms with Crippen LogP contribution in [0.15, 0.2) is 30.6 Å². The predicted molar refractivity (Wildman–Crippen MR) is 116 cm³/mol. The minimum absolute atomic E-state index is 0.158. The van der Waals surface area contributed by atoms with Gasteiger partial charge in [0.25, 0.3) is 0 Å². The number of carbonyl (C=O) groups excluding carboxylic acids is 1. The van der Waals surface area contributed by atoms with Crippen molar-refractivity contribution in [2.45, 2.75) is 52.7 Å². The van der Waals surface area contributed by atoms with E-state index in [0.29, 0.717) is 22.6 Å². The first-order valence-corrected chi connectivity index (χ1v) is 9.85. The fourth-order valence-corrected chi connectivity index (χ4v) is 2.97. The van der Waals surface area contributed by atoms with Crippen LogP contribution in [-0.4, -0.2) is 41.3 Å². The highest BCUT2D eigenvalue weighted by molar-refractivity contribution is 5.89. The summed E-state index contributed by atoms with van der Waals surface area (Å²) in [5, 5.41) is 20.1. The molecule has 3 heterocycles. The molecule has 3 aromatic rings. The quantitative estimate of drug-likeness (QED) is 0.508. The van der Waals surface area contributed by atoms with Gasteiger partial charge in [-0.2, -0.15) is 13.9 Å². The largest absolute Gasteiger partial charge is 0.389 e. The summed E-state index contributed by atoms with van der Waals surface area (Å²) < 4.78 is 29.2. The Balaban J connectivity index is 2.04. The molecule has 0 saturated carbocycles. The SMILES string of the molecule is CC(=O)Nc1cc(Nc2cc(C)nc(C(C)(F)F)n2)c(-c2ccn(CC(C)(C)O)n2)cn1. The van der Waals surface area contributed by atoms with E-state index in [1.807, 2.05) is 0 Å². The van der Waals surface area contributed by atoms with Gasteiger partial charge >= 0.3 is 5.92 Å². The summed E-state index contributed by atoms with van der Waals surface area (Å²) in [5.41, 5.74) is 0.935. The summed E-state index contributed by atoms with van der Waals surface area (Å²) in [6.45, 7) is 7.29. The predicted octanol–water partition coefficient (Wildman–Crippen LogP) is 3.63. The molecule has 3 aromatic heterocycles. The lowest BCUT2D eigenvalue weighted by Gasteiger charge is -2.17. The zero-order valence-electron chi connectivity index (χ0n) is 18.4. The average Bonchev–Trinajstić information content (AvgIpc) is 3.06. The van der Waals surface area contributed by atoms with E-state index < -0.39 is 17.3 Å². The highest BCUT2D eigenvalue weighted by Gasteiger charge is 2.29. The molecule has 9 nitrogen and oxygen atoms in total. The van der Waals surface area contributed by atoms with Crippen LogP contribution >= 0.6 is 0 Å². The third kappa shape index (κ3) is 6.03. The molecule has 3 rings (SSSR count). The normalized spacial score (nSPS) is 12.0. The highest BCUT2D eigenvalue weighted by atomic mass is 19.3. The van der Waals surface area contributed by atoms with Gasteiger partial charge in [0.1, 0.15) is 11.6 Å². The number of aryl methyl sites for hydroxylation is 1. The van der Waals surface area contributed by atoms with Crippen molar-refractivity contribution in [1.29, 1.82) is 0 Å². The lowest BCUT2D eigenvalue weighted by atomic mass is 10.1. The molecule has 0 bridgehead atoms. The number of hydrogen-bond acceptors (Lipinski definition) is 7. The molecule has 0 fully saturated rings. The van der Waals surface area contributed by atoms with Crippen LogP contribution in [0.25, 0.3) is 11.3 Å². The monoisotopic (exact) mass is 445 g/mol. The molecule has 32 heavy (non-hydrogen) atoms. The Kier molecular flexibility index (Phi) is 6.22. The van der Waals surface area contributed by atoms with E-state index in [-0.39, 0.29) is 24.1 Å². The van der Waals surface area contributed by atoms with E-state index in [9.17, 15) is 18.7 Å².